The molecule has 0 aromatic carbocycles. The average Bonchev–Trinajstić information content (AvgIpc) is 3.15. The Morgan fingerprint density at radius 1 is 1.00 bits per heavy atom. The van der Waals surface area contributed by atoms with E-state index >= 15 is 0 Å². The van der Waals surface area contributed by atoms with Crippen molar-refractivity contribution in [3.63, 3.8) is 0 Å². The van der Waals surface area contributed by atoms with Crippen LogP contribution in [-0.2, 0) is 0 Å². The van der Waals surface area contributed by atoms with E-state index in [2.05, 4.69) is 38.7 Å². The highest BCUT2D eigenvalue weighted by Gasteiger charge is 2.66. The summed E-state index contributed by atoms with van der Waals surface area (Å²) in [5.74, 6) is 5.44. The fourth-order valence-corrected chi connectivity index (χ4v) is 10.4. The molecule has 2 nitrogen and oxygen atoms in total. The molecule has 0 aromatic heterocycles. The van der Waals surface area contributed by atoms with Gasteiger partial charge in [-0.1, -0.05) is 39.3 Å². The van der Waals surface area contributed by atoms with Gasteiger partial charge in [-0.25, -0.2) is 0 Å². The quantitative estimate of drug-likeness (QED) is 0.534. The van der Waals surface area contributed by atoms with Crippen molar-refractivity contribution in [1.29, 1.82) is 0 Å². The third-order valence-corrected chi connectivity index (χ3v) is 11.7. The van der Waals surface area contributed by atoms with Crippen LogP contribution >= 0.6 is 0 Å². The standard InChI is InChI=1S/C27H43NO/c1-16-5-8-23-17(2)25-24(28(23)15-16)14-22-20-7-6-18-13-19(29)9-11-26(18,3)21(20)10-12-27(22,25)4/h6,16-17,19-25,29H,5,7-15H2,1-4H3/t16-,17+,19-,20+,21-,22?,23+,24-,25-,26-,27-/m0/s1. The van der Waals surface area contributed by atoms with Crippen LogP contribution in [-0.4, -0.2) is 34.7 Å². The number of hydrogen-bond donors (Lipinski definition) is 1. The van der Waals surface area contributed by atoms with Crippen LogP contribution in [0.2, 0.25) is 0 Å². The van der Waals surface area contributed by atoms with Crippen molar-refractivity contribution in [2.75, 3.05) is 6.54 Å². The minimum absolute atomic E-state index is 0.0792. The normalized spacial score (nSPS) is 59.2. The van der Waals surface area contributed by atoms with Crippen LogP contribution in [0, 0.1) is 46.3 Å². The Morgan fingerprint density at radius 3 is 2.66 bits per heavy atom. The van der Waals surface area contributed by atoms with Crippen LogP contribution in [0.15, 0.2) is 11.6 Å². The Balaban J connectivity index is 1.33. The number of aliphatic hydroxyl groups is 1. The number of aliphatic hydroxyl groups excluding tert-OH is 1. The van der Waals surface area contributed by atoms with Crippen molar-refractivity contribution in [2.45, 2.75) is 104 Å². The lowest BCUT2D eigenvalue weighted by atomic mass is 9.47. The first kappa shape index (κ1) is 19.4. The monoisotopic (exact) mass is 397 g/mol. The molecule has 2 aliphatic heterocycles. The minimum atomic E-state index is -0.0792. The first-order valence-electron chi connectivity index (χ1n) is 13.0. The highest BCUT2D eigenvalue weighted by molar-refractivity contribution is 5.26. The summed E-state index contributed by atoms with van der Waals surface area (Å²) in [5.41, 5.74) is 2.58. The molecule has 0 amide bonds. The number of piperidine rings is 1. The van der Waals surface area contributed by atoms with Crippen LogP contribution in [0.3, 0.4) is 0 Å². The van der Waals surface area contributed by atoms with Gasteiger partial charge in [-0.3, -0.25) is 4.90 Å². The topological polar surface area (TPSA) is 23.5 Å². The van der Waals surface area contributed by atoms with Gasteiger partial charge < -0.3 is 5.11 Å². The third-order valence-electron chi connectivity index (χ3n) is 11.7. The molecule has 2 heteroatoms. The largest absolute Gasteiger partial charge is 0.393 e. The van der Waals surface area contributed by atoms with Gasteiger partial charge in [-0.2, -0.15) is 0 Å². The first-order chi connectivity index (χ1) is 13.8. The maximum Gasteiger partial charge on any atom is 0.0577 e. The summed E-state index contributed by atoms with van der Waals surface area (Å²) in [6.07, 6.45) is 14.3. The van der Waals surface area contributed by atoms with E-state index in [1.807, 2.05) is 0 Å². The van der Waals surface area contributed by atoms with E-state index in [1.165, 1.54) is 51.5 Å². The zero-order chi connectivity index (χ0) is 20.1. The zero-order valence-corrected chi connectivity index (χ0v) is 19.2. The molecule has 162 valence electrons. The van der Waals surface area contributed by atoms with E-state index in [0.717, 1.165) is 60.4 Å². The van der Waals surface area contributed by atoms with Crippen LogP contribution in [0.5, 0.6) is 0 Å². The zero-order valence-electron chi connectivity index (χ0n) is 19.2. The van der Waals surface area contributed by atoms with Gasteiger partial charge in [0, 0.05) is 18.6 Å². The molecule has 1 N–H and O–H groups in total. The predicted octanol–water partition coefficient (Wildman–Crippen LogP) is 5.66. The number of allylic oxidation sites excluding steroid dienone is 1. The molecule has 0 spiro atoms. The SMILES string of the molecule is C[C@H]1CC[C@@H]2[C@@H](C)[C@H]3[C@H](CC4[C@@H]5CC=C6C[C@@H](O)CC[C@]6(C)[C@H]5CC[C@@]43C)N2C1. The highest BCUT2D eigenvalue weighted by Crippen LogP contribution is 2.69. The van der Waals surface area contributed by atoms with Gasteiger partial charge in [-0.15, -0.1) is 0 Å². The van der Waals surface area contributed by atoms with Crippen molar-refractivity contribution < 1.29 is 5.11 Å². The van der Waals surface area contributed by atoms with Crippen molar-refractivity contribution in [3.8, 4) is 0 Å². The maximum atomic E-state index is 10.3. The molecule has 3 saturated carbocycles. The van der Waals surface area contributed by atoms with Gasteiger partial charge in [0.25, 0.3) is 0 Å². The third kappa shape index (κ3) is 2.48. The molecule has 6 aliphatic rings. The summed E-state index contributed by atoms with van der Waals surface area (Å²) in [6.45, 7) is 11.8. The number of rotatable bonds is 0. The second kappa shape index (κ2) is 6.35. The molecule has 0 radical (unpaired) electrons. The van der Waals surface area contributed by atoms with Crippen LogP contribution < -0.4 is 0 Å². The lowest BCUT2D eigenvalue weighted by molar-refractivity contribution is -0.0574. The molecule has 6 rings (SSSR count). The summed E-state index contributed by atoms with van der Waals surface area (Å²) in [4.78, 5) is 3.02. The molecular formula is C27H43NO. The van der Waals surface area contributed by atoms with Gasteiger partial charge >= 0.3 is 0 Å². The molecule has 1 unspecified atom stereocenters. The Hall–Kier alpha value is -0.340. The van der Waals surface area contributed by atoms with Gasteiger partial charge in [0.15, 0.2) is 0 Å². The first-order valence-corrected chi connectivity index (χ1v) is 13.0. The molecule has 5 fully saturated rings. The molecule has 4 aliphatic carbocycles. The molecule has 29 heavy (non-hydrogen) atoms. The second-order valence-corrected chi connectivity index (χ2v) is 12.8. The average molecular weight is 398 g/mol. The smallest absolute Gasteiger partial charge is 0.0577 e. The lowest BCUT2D eigenvalue weighted by Crippen LogP contribution is -2.51. The minimum Gasteiger partial charge on any atom is -0.393 e. The molecule has 2 saturated heterocycles. The fraction of sp³-hybridized carbons (Fsp3) is 0.926. The highest BCUT2D eigenvalue weighted by atomic mass is 16.3. The van der Waals surface area contributed by atoms with Crippen LogP contribution in [0.4, 0.5) is 0 Å². The molecular weight excluding hydrogens is 354 g/mol. The van der Waals surface area contributed by atoms with E-state index in [0.29, 0.717) is 10.8 Å². The fourth-order valence-electron chi connectivity index (χ4n) is 10.4. The van der Waals surface area contributed by atoms with E-state index in [9.17, 15) is 5.11 Å². The van der Waals surface area contributed by atoms with Crippen molar-refractivity contribution in [2.24, 2.45) is 46.3 Å². The Morgan fingerprint density at radius 2 is 1.83 bits per heavy atom. The number of nitrogens with zero attached hydrogens (tertiary/aromatic N) is 1. The van der Waals surface area contributed by atoms with Gasteiger partial charge in [-0.05, 0) is 104 Å². The second-order valence-electron chi connectivity index (χ2n) is 12.8. The summed E-state index contributed by atoms with van der Waals surface area (Å²) in [6, 6.07) is 1.75. The van der Waals surface area contributed by atoms with Gasteiger partial charge in [0.1, 0.15) is 0 Å². The van der Waals surface area contributed by atoms with E-state index in [1.54, 1.807) is 5.57 Å². The van der Waals surface area contributed by atoms with Crippen molar-refractivity contribution in [1.82, 2.24) is 4.90 Å². The Bertz CT molecular complexity index is 715. The van der Waals surface area contributed by atoms with Crippen molar-refractivity contribution in [3.05, 3.63) is 11.6 Å². The summed E-state index contributed by atoms with van der Waals surface area (Å²) < 4.78 is 0. The molecule has 0 bridgehead atoms. The number of fused-ring (bicyclic) bond motifs is 9. The van der Waals surface area contributed by atoms with E-state index in [4.69, 9.17) is 0 Å². The summed E-state index contributed by atoms with van der Waals surface area (Å²) in [5, 5.41) is 10.3. The summed E-state index contributed by atoms with van der Waals surface area (Å²) >= 11 is 0. The maximum absolute atomic E-state index is 10.3. The van der Waals surface area contributed by atoms with Crippen molar-refractivity contribution >= 4 is 0 Å². The molecule has 0 aromatic rings. The predicted molar refractivity (Wildman–Crippen MR) is 118 cm³/mol. The van der Waals surface area contributed by atoms with Crippen LogP contribution in [0.1, 0.15) is 85.5 Å². The Labute approximate surface area is 178 Å². The lowest BCUT2D eigenvalue weighted by Gasteiger charge is -2.58. The summed E-state index contributed by atoms with van der Waals surface area (Å²) in [7, 11) is 0. The van der Waals surface area contributed by atoms with Gasteiger partial charge in [0.2, 0.25) is 0 Å². The molecule has 2 heterocycles. The van der Waals surface area contributed by atoms with E-state index in [-0.39, 0.29) is 6.10 Å². The van der Waals surface area contributed by atoms with E-state index < -0.39 is 0 Å². The van der Waals surface area contributed by atoms with Crippen LogP contribution in [0.25, 0.3) is 0 Å². The molecule has 11 atom stereocenters. The Kier molecular flexibility index (Phi) is 4.23. The van der Waals surface area contributed by atoms with Gasteiger partial charge in [0.05, 0.1) is 6.10 Å². The number of hydrogen-bond acceptors (Lipinski definition) is 2.